The molecule has 2 rings (SSSR count). The fourth-order valence-electron chi connectivity index (χ4n) is 2.48. The van der Waals surface area contributed by atoms with Crippen molar-refractivity contribution < 1.29 is 15.0 Å². The monoisotopic (exact) mass is 249 g/mol. The Morgan fingerprint density at radius 2 is 1.78 bits per heavy atom. The molecule has 0 bridgehead atoms. The number of carbonyl (C=O) groups excluding carboxylic acids is 1. The Hall–Kier alpha value is -1.71. The molecule has 1 amide bonds. The van der Waals surface area contributed by atoms with Gasteiger partial charge < -0.3 is 15.5 Å². The molecule has 98 valence electrons. The van der Waals surface area contributed by atoms with E-state index in [9.17, 15) is 15.0 Å². The molecule has 4 heteroatoms. The summed E-state index contributed by atoms with van der Waals surface area (Å²) in [4.78, 5) is 11.9. The zero-order valence-electron chi connectivity index (χ0n) is 10.4. The van der Waals surface area contributed by atoms with Crippen LogP contribution in [-0.4, -0.2) is 22.7 Å². The number of phenolic OH excluding ortho intramolecular Hbond substituents is 2. The van der Waals surface area contributed by atoms with Crippen molar-refractivity contribution in [2.75, 3.05) is 6.54 Å². The van der Waals surface area contributed by atoms with Crippen LogP contribution in [0.15, 0.2) is 18.2 Å². The molecule has 0 saturated heterocycles. The first-order valence-corrected chi connectivity index (χ1v) is 6.47. The average Bonchev–Trinajstić information content (AvgIpc) is 2.37. The molecule has 1 aromatic rings. The largest absolute Gasteiger partial charge is 0.507 e. The predicted octanol–water partition coefficient (Wildman–Crippen LogP) is 2.41. The summed E-state index contributed by atoms with van der Waals surface area (Å²) < 4.78 is 0. The summed E-state index contributed by atoms with van der Waals surface area (Å²) in [6, 6.07) is 4.30. The van der Waals surface area contributed by atoms with E-state index in [1.165, 1.54) is 37.5 Å². The molecule has 0 heterocycles. The lowest BCUT2D eigenvalue weighted by Gasteiger charge is -2.21. The van der Waals surface area contributed by atoms with Crippen molar-refractivity contribution in [2.24, 2.45) is 5.92 Å². The molecule has 0 aliphatic heterocycles. The molecule has 4 nitrogen and oxygen atoms in total. The summed E-state index contributed by atoms with van der Waals surface area (Å²) in [7, 11) is 0. The smallest absolute Gasteiger partial charge is 0.258 e. The minimum Gasteiger partial charge on any atom is -0.507 e. The minimum absolute atomic E-state index is 0.0340. The lowest BCUT2D eigenvalue weighted by molar-refractivity contribution is 0.0938. The van der Waals surface area contributed by atoms with Gasteiger partial charge >= 0.3 is 0 Å². The lowest BCUT2D eigenvalue weighted by atomic mass is 9.89. The summed E-state index contributed by atoms with van der Waals surface area (Å²) in [5.74, 6) is -0.251. The van der Waals surface area contributed by atoms with Gasteiger partial charge in [-0.15, -0.1) is 0 Å². The molecular formula is C14H19NO3. The van der Waals surface area contributed by atoms with Gasteiger partial charge in [0.2, 0.25) is 0 Å². The van der Waals surface area contributed by atoms with E-state index in [1.54, 1.807) is 0 Å². The number of phenols is 2. The maximum absolute atomic E-state index is 11.9. The molecule has 1 aromatic carbocycles. The van der Waals surface area contributed by atoms with Crippen LogP contribution in [0.5, 0.6) is 11.5 Å². The Balaban J connectivity index is 1.95. The topological polar surface area (TPSA) is 69.6 Å². The molecule has 0 unspecified atom stereocenters. The molecule has 1 saturated carbocycles. The molecular weight excluding hydrogens is 230 g/mol. The van der Waals surface area contributed by atoms with Crippen LogP contribution in [0.2, 0.25) is 0 Å². The highest BCUT2D eigenvalue weighted by Gasteiger charge is 2.18. The van der Waals surface area contributed by atoms with E-state index in [2.05, 4.69) is 5.32 Å². The van der Waals surface area contributed by atoms with Gasteiger partial charge in [-0.1, -0.05) is 25.3 Å². The van der Waals surface area contributed by atoms with Gasteiger partial charge in [0.15, 0.2) is 0 Å². The van der Waals surface area contributed by atoms with Crippen LogP contribution >= 0.6 is 0 Å². The Morgan fingerprint density at radius 1 is 1.17 bits per heavy atom. The van der Waals surface area contributed by atoms with E-state index in [1.807, 2.05) is 0 Å². The number of nitrogens with one attached hydrogen (secondary N) is 1. The summed E-state index contributed by atoms with van der Waals surface area (Å²) in [6.45, 7) is 0.618. The van der Waals surface area contributed by atoms with Crippen LogP contribution in [0, 0.1) is 5.92 Å². The Labute approximate surface area is 107 Å². The first kappa shape index (κ1) is 12.7. The van der Waals surface area contributed by atoms with Crippen LogP contribution in [0.1, 0.15) is 42.5 Å². The second-order valence-corrected chi connectivity index (χ2v) is 4.89. The van der Waals surface area contributed by atoms with Crippen LogP contribution in [-0.2, 0) is 0 Å². The molecule has 1 fully saturated rings. The van der Waals surface area contributed by atoms with E-state index in [0.29, 0.717) is 12.5 Å². The summed E-state index contributed by atoms with van der Waals surface area (Å²) >= 11 is 0. The van der Waals surface area contributed by atoms with Gasteiger partial charge in [-0.2, -0.15) is 0 Å². The molecule has 0 radical (unpaired) electrons. The van der Waals surface area contributed by atoms with Crippen LogP contribution in [0.4, 0.5) is 0 Å². The molecule has 0 aromatic heterocycles. The normalized spacial score (nSPS) is 16.4. The second kappa shape index (κ2) is 5.76. The van der Waals surface area contributed by atoms with Gasteiger partial charge in [-0.25, -0.2) is 0 Å². The van der Waals surface area contributed by atoms with Crippen LogP contribution in [0.3, 0.4) is 0 Å². The van der Waals surface area contributed by atoms with E-state index < -0.39 is 5.91 Å². The lowest BCUT2D eigenvalue weighted by Crippen LogP contribution is -2.30. The second-order valence-electron chi connectivity index (χ2n) is 4.89. The van der Waals surface area contributed by atoms with Crippen molar-refractivity contribution in [2.45, 2.75) is 32.1 Å². The first-order valence-electron chi connectivity index (χ1n) is 6.47. The molecule has 18 heavy (non-hydrogen) atoms. The van der Waals surface area contributed by atoms with Crippen LogP contribution < -0.4 is 5.32 Å². The fourth-order valence-corrected chi connectivity index (χ4v) is 2.48. The van der Waals surface area contributed by atoms with Gasteiger partial charge in [0, 0.05) is 6.54 Å². The van der Waals surface area contributed by atoms with Crippen molar-refractivity contribution in [3.8, 4) is 11.5 Å². The Bertz CT molecular complexity index is 405. The third-order valence-corrected chi connectivity index (χ3v) is 3.52. The van der Waals surface area contributed by atoms with E-state index in [4.69, 9.17) is 0 Å². The molecule has 0 atom stereocenters. The maximum Gasteiger partial charge on any atom is 0.258 e. The quantitative estimate of drug-likeness (QED) is 0.770. The first-order chi connectivity index (χ1) is 8.68. The van der Waals surface area contributed by atoms with Crippen molar-refractivity contribution >= 4 is 5.91 Å². The van der Waals surface area contributed by atoms with Gasteiger partial charge in [-0.05, 0) is 30.9 Å². The van der Waals surface area contributed by atoms with Crippen molar-refractivity contribution in [1.29, 1.82) is 0 Å². The minimum atomic E-state index is -0.406. The fraction of sp³-hybridized carbons (Fsp3) is 0.500. The van der Waals surface area contributed by atoms with Gasteiger partial charge in [-0.3, -0.25) is 4.79 Å². The standard InChI is InChI=1S/C14H19NO3/c16-11-7-4-8-12(17)13(11)14(18)15-9-10-5-2-1-3-6-10/h4,7-8,10,16-17H,1-3,5-6,9H2,(H,15,18). The van der Waals surface area contributed by atoms with Crippen molar-refractivity contribution in [3.05, 3.63) is 23.8 Å². The zero-order valence-corrected chi connectivity index (χ0v) is 10.4. The summed E-state index contributed by atoms with van der Waals surface area (Å²) in [5, 5.41) is 21.9. The Kier molecular flexibility index (Phi) is 4.07. The third kappa shape index (κ3) is 2.94. The number of aromatic hydroxyl groups is 2. The van der Waals surface area contributed by atoms with E-state index >= 15 is 0 Å². The third-order valence-electron chi connectivity index (χ3n) is 3.52. The summed E-state index contributed by atoms with van der Waals surface area (Å²) in [5.41, 5.74) is -0.0340. The molecule has 0 spiro atoms. The van der Waals surface area contributed by atoms with Crippen molar-refractivity contribution in [1.82, 2.24) is 5.32 Å². The molecule has 3 N–H and O–H groups in total. The van der Waals surface area contributed by atoms with Gasteiger partial charge in [0.25, 0.3) is 5.91 Å². The highest BCUT2D eigenvalue weighted by atomic mass is 16.3. The number of hydrogen-bond acceptors (Lipinski definition) is 3. The molecule has 1 aliphatic rings. The van der Waals surface area contributed by atoms with Crippen molar-refractivity contribution in [3.63, 3.8) is 0 Å². The van der Waals surface area contributed by atoms with Crippen LogP contribution in [0.25, 0.3) is 0 Å². The SMILES string of the molecule is O=C(NCC1CCCCC1)c1c(O)cccc1O. The number of hydrogen-bond donors (Lipinski definition) is 3. The number of rotatable bonds is 3. The van der Waals surface area contributed by atoms with Gasteiger partial charge in [0.05, 0.1) is 0 Å². The van der Waals surface area contributed by atoms with E-state index in [-0.39, 0.29) is 17.1 Å². The van der Waals surface area contributed by atoms with E-state index in [0.717, 1.165) is 12.8 Å². The summed E-state index contributed by atoms with van der Waals surface area (Å²) in [6.07, 6.45) is 6.02. The highest BCUT2D eigenvalue weighted by molar-refractivity contribution is 5.99. The zero-order chi connectivity index (χ0) is 13.0. The predicted molar refractivity (Wildman–Crippen MR) is 68.7 cm³/mol. The average molecular weight is 249 g/mol. The Morgan fingerprint density at radius 3 is 2.39 bits per heavy atom. The maximum atomic E-state index is 11.9. The number of amides is 1. The highest BCUT2D eigenvalue weighted by Crippen LogP contribution is 2.27. The molecule has 1 aliphatic carbocycles. The van der Waals surface area contributed by atoms with Gasteiger partial charge in [0.1, 0.15) is 17.1 Å². The number of carbonyl (C=O) groups is 1. The number of benzene rings is 1.